The quantitative estimate of drug-likeness (QED) is 0.731. The van der Waals surface area contributed by atoms with Crippen LogP contribution >= 0.6 is 0 Å². The van der Waals surface area contributed by atoms with Gasteiger partial charge in [0.2, 0.25) is 0 Å². The molecule has 1 fully saturated rings. The van der Waals surface area contributed by atoms with E-state index in [1.165, 1.54) is 5.69 Å². The van der Waals surface area contributed by atoms with E-state index in [1.54, 1.807) is 0 Å². The summed E-state index contributed by atoms with van der Waals surface area (Å²) in [6.45, 7) is 8.26. The molecular weight excluding hydrogens is 350 g/mol. The highest BCUT2D eigenvalue weighted by Gasteiger charge is 2.18. The maximum Gasteiger partial charge on any atom is 0.268 e. The van der Waals surface area contributed by atoms with E-state index in [-0.39, 0.29) is 11.9 Å². The molecule has 5 nitrogen and oxygen atoms in total. The van der Waals surface area contributed by atoms with Crippen molar-refractivity contribution in [3.05, 3.63) is 65.9 Å². The van der Waals surface area contributed by atoms with E-state index < -0.39 is 0 Å². The first-order valence-electron chi connectivity index (χ1n) is 9.99. The molecule has 1 unspecified atom stereocenters. The molecular formula is C23H27N3O2. The summed E-state index contributed by atoms with van der Waals surface area (Å²) in [5, 5.41) is 4.25. The van der Waals surface area contributed by atoms with Gasteiger partial charge in [-0.1, -0.05) is 30.3 Å². The van der Waals surface area contributed by atoms with E-state index in [1.807, 2.05) is 31.2 Å². The lowest BCUT2D eigenvalue weighted by molar-refractivity contribution is 0.0931. The summed E-state index contributed by atoms with van der Waals surface area (Å²) >= 11 is 0. The van der Waals surface area contributed by atoms with Gasteiger partial charge in [-0.05, 0) is 43.7 Å². The number of carbonyl (C=O) groups is 1. The number of aromatic nitrogens is 1. The number of anilines is 1. The van der Waals surface area contributed by atoms with Crippen LogP contribution in [0.25, 0.3) is 10.9 Å². The molecule has 1 aliphatic rings. The van der Waals surface area contributed by atoms with Crippen molar-refractivity contribution in [3.8, 4) is 0 Å². The zero-order chi connectivity index (χ0) is 19.5. The summed E-state index contributed by atoms with van der Waals surface area (Å²) < 4.78 is 7.49. The fraction of sp³-hybridized carbons (Fsp3) is 0.348. The first kappa shape index (κ1) is 18.6. The number of fused-ring (bicyclic) bond motifs is 1. The summed E-state index contributed by atoms with van der Waals surface area (Å²) in [5.74, 6) is -0.0391. The predicted molar refractivity (Wildman–Crippen MR) is 113 cm³/mol. The van der Waals surface area contributed by atoms with Gasteiger partial charge in [0.15, 0.2) is 0 Å². The molecule has 0 saturated carbocycles. The third-order valence-corrected chi connectivity index (χ3v) is 5.48. The maximum absolute atomic E-state index is 12.9. The van der Waals surface area contributed by atoms with Crippen molar-refractivity contribution in [1.82, 2.24) is 9.88 Å². The zero-order valence-electron chi connectivity index (χ0n) is 16.5. The highest BCUT2D eigenvalue weighted by Crippen LogP contribution is 2.23. The van der Waals surface area contributed by atoms with Crippen LogP contribution in [0.2, 0.25) is 0 Å². The number of rotatable bonds is 5. The summed E-state index contributed by atoms with van der Waals surface area (Å²) in [4.78, 5) is 15.3. The van der Waals surface area contributed by atoms with E-state index >= 15 is 0 Å². The van der Waals surface area contributed by atoms with Crippen molar-refractivity contribution in [2.75, 3.05) is 31.2 Å². The summed E-state index contributed by atoms with van der Waals surface area (Å²) in [5.41, 5.74) is 4.11. The van der Waals surface area contributed by atoms with Crippen molar-refractivity contribution in [2.24, 2.45) is 0 Å². The summed E-state index contributed by atoms with van der Waals surface area (Å²) in [6.07, 6.45) is 0. The molecule has 2 aromatic carbocycles. The minimum absolute atomic E-state index is 0.0391. The van der Waals surface area contributed by atoms with Crippen LogP contribution in [-0.4, -0.2) is 36.8 Å². The van der Waals surface area contributed by atoms with Gasteiger partial charge in [-0.2, -0.15) is 0 Å². The van der Waals surface area contributed by atoms with Crippen molar-refractivity contribution in [3.63, 3.8) is 0 Å². The molecule has 3 aromatic rings. The molecule has 1 amide bonds. The number of hydrogen-bond acceptors (Lipinski definition) is 3. The van der Waals surface area contributed by atoms with Crippen LogP contribution in [0, 0.1) is 0 Å². The number of hydrogen-bond donors (Lipinski definition) is 1. The van der Waals surface area contributed by atoms with Crippen molar-refractivity contribution in [2.45, 2.75) is 26.4 Å². The Morgan fingerprint density at radius 1 is 1.11 bits per heavy atom. The van der Waals surface area contributed by atoms with Gasteiger partial charge >= 0.3 is 0 Å². The number of para-hydroxylation sites is 1. The van der Waals surface area contributed by atoms with Crippen LogP contribution < -0.4 is 10.2 Å². The standard InChI is InChI=1S/C23H27N3O2/c1-3-26-21-7-5-4-6-19(21)16-22(26)23(27)24-17(2)18-8-10-20(11-9-18)25-12-14-28-15-13-25/h4-11,16-17H,3,12-15H2,1-2H3,(H,24,27). The second-order valence-electron chi connectivity index (χ2n) is 7.22. The van der Waals surface area contributed by atoms with Crippen molar-refractivity contribution in [1.29, 1.82) is 0 Å². The molecule has 1 saturated heterocycles. The van der Waals surface area contributed by atoms with Gasteiger partial charge in [0.05, 0.1) is 19.3 Å². The number of aryl methyl sites for hydroxylation is 1. The number of nitrogens with one attached hydrogen (secondary N) is 1. The number of nitrogens with zero attached hydrogens (tertiary/aromatic N) is 2. The number of morpholine rings is 1. The summed E-state index contributed by atoms with van der Waals surface area (Å²) in [7, 11) is 0. The van der Waals surface area contributed by atoms with Crippen LogP contribution in [0.4, 0.5) is 5.69 Å². The molecule has 1 atom stereocenters. The minimum Gasteiger partial charge on any atom is -0.378 e. The topological polar surface area (TPSA) is 46.5 Å². The van der Waals surface area contributed by atoms with E-state index in [4.69, 9.17) is 4.74 Å². The van der Waals surface area contributed by atoms with Gasteiger partial charge in [0.1, 0.15) is 5.69 Å². The van der Waals surface area contributed by atoms with E-state index in [2.05, 4.69) is 52.0 Å². The van der Waals surface area contributed by atoms with Crippen LogP contribution in [0.1, 0.15) is 35.9 Å². The van der Waals surface area contributed by atoms with Crippen LogP contribution in [0.3, 0.4) is 0 Å². The Kier molecular flexibility index (Phi) is 5.35. The molecule has 28 heavy (non-hydrogen) atoms. The first-order chi connectivity index (χ1) is 13.7. The third kappa shape index (κ3) is 3.62. The van der Waals surface area contributed by atoms with Crippen LogP contribution in [-0.2, 0) is 11.3 Å². The molecule has 146 valence electrons. The van der Waals surface area contributed by atoms with E-state index in [9.17, 15) is 4.79 Å². The van der Waals surface area contributed by atoms with E-state index in [0.717, 1.165) is 49.3 Å². The number of carbonyl (C=O) groups excluding carboxylic acids is 1. The normalized spacial score (nSPS) is 15.6. The van der Waals surface area contributed by atoms with Gasteiger partial charge < -0.3 is 19.5 Å². The molecule has 2 heterocycles. The minimum atomic E-state index is -0.0606. The molecule has 1 N–H and O–H groups in total. The Balaban J connectivity index is 1.49. The smallest absolute Gasteiger partial charge is 0.268 e. The fourth-order valence-electron chi connectivity index (χ4n) is 3.89. The highest BCUT2D eigenvalue weighted by molar-refractivity contribution is 5.99. The fourth-order valence-corrected chi connectivity index (χ4v) is 3.89. The number of ether oxygens (including phenoxy) is 1. The monoisotopic (exact) mass is 377 g/mol. The predicted octanol–water partition coefficient (Wildman–Crippen LogP) is 3.99. The van der Waals surface area contributed by atoms with Crippen LogP contribution in [0.5, 0.6) is 0 Å². The Morgan fingerprint density at radius 2 is 1.82 bits per heavy atom. The number of amides is 1. The Hall–Kier alpha value is -2.79. The zero-order valence-corrected chi connectivity index (χ0v) is 16.5. The molecule has 1 aliphatic heterocycles. The molecule has 5 heteroatoms. The van der Waals surface area contributed by atoms with E-state index in [0.29, 0.717) is 5.69 Å². The third-order valence-electron chi connectivity index (χ3n) is 5.48. The molecule has 0 aliphatic carbocycles. The average Bonchev–Trinajstić information content (AvgIpc) is 3.13. The molecule has 4 rings (SSSR count). The largest absolute Gasteiger partial charge is 0.378 e. The lowest BCUT2D eigenvalue weighted by Crippen LogP contribution is -2.36. The first-order valence-corrected chi connectivity index (χ1v) is 9.99. The molecule has 0 spiro atoms. The van der Waals surface area contributed by atoms with Gasteiger partial charge in [-0.15, -0.1) is 0 Å². The van der Waals surface area contributed by atoms with Crippen molar-refractivity contribution < 1.29 is 9.53 Å². The van der Waals surface area contributed by atoms with Gasteiger partial charge in [0, 0.05) is 36.2 Å². The van der Waals surface area contributed by atoms with Crippen molar-refractivity contribution >= 4 is 22.5 Å². The van der Waals surface area contributed by atoms with Gasteiger partial charge in [0.25, 0.3) is 5.91 Å². The molecule has 0 bridgehead atoms. The Bertz CT molecular complexity index is 956. The Morgan fingerprint density at radius 3 is 2.54 bits per heavy atom. The lowest BCUT2D eigenvalue weighted by atomic mass is 10.1. The lowest BCUT2D eigenvalue weighted by Gasteiger charge is -2.29. The van der Waals surface area contributed by atoms with Gasteiger partial charge in [-0.3, -0.25) is 4.79 Å². The second-order valence-corrected chi connectivity index (χ2v) is 7.22. The summed E-state index contributed by atoms with van der Waals surface area (Å²) in [6, 6.07) is 18.5. The SMILES string of the molecule is CCn1c(C(=O)NC(C)c2ccc(N3CCOCC3)cc2)cc2ccccc21. The van der Waals surface area contributed by atoms with Gasteiger partial charge in [-0.25, -0.2) is 0 Å². The highest BCUT2D eigenvalue weighted by atomic mass is 16.5. The Labute approximate surface area is 165 Å². The average molecular weight is 377 g/mol. The number of benzene rings is 2. The maximum atomic E-state index is 12.9. The molecule has 1 aromatic heterocycles. The molecule has 0 radical (unpaired) electrons. The van der Waals surface area contributed by atoms with Crippen LogP contribution in [0.15, 0.2) is 54.6 Å². The second kappa shape index (κ2) is 8.07.